The minimum Gasteiger partial charge on any atom is -0.329 e. The first-order valence-corrected chi connectivity index (χ1v) is 6.36. The summed E-state index contributed by atoms with van der Waals surface area (Å²) in [6.07, 6.45) is 4.91. The predicted octanol–water partition coefficient (Wildman–Crippen LogP) is 2.77. The van der Waals surface area contributed by atoms with E-state index in [4.69, 9.17) is 17.3 Å². The lowest BCUT2D eigenvalue weighted by Crippen LogP contribution is -2.46. The Morgan fingerprint density at radius 1 is 1.41 bits per heavy atom. The molecule has 3 N–H and O–H groups in total. The van der Waals surface area contributed by atoms with Gasteiger partial charge in [0.15, 0.2) is 0 Å². The van der Waals surface area contributed by atoms with E-state index in [-0.39, 0.29) is 12.4 Å². The normalized spacial score (nSPS) is 17.1. The van der Waals surface area contributed by atoms with Gasteiger partial charge in [0.1, 0.15) is 0 Å². The molecule has 1 unspecified atom stereocenters. The molecule has 0 spiro atoms. The number of hydrogen-bond acceptors (Lipinski definition) is 2. The first kappa shape index (κ1) is 14.8. The van der Waals surface area contributed by atoms with Crippen molar-refractivity contribution in [3.63, 3.8) is 0 Å². The third kappa shape index (κ3) is 4.47. The van der Waals surface area contributed by atoms with E-state index in [1.807, 2.05) is 18.2 Å². The Morgan fingerprint density at radius 3 is 2.71 bits per heavy atom. The van der Waals surface area contributed by atoms with Crippen LogP contribution in [-0.2, 0) is 6.42 Å². The van der Waals surface area contributed by atoms with E-state index >= 15 is 0 Å². The number of halogens is 2. The fourth-order valence-corrected chi connectivity index (χ4v) is 2.28. The zero-order valence-electron chi connectivity index (χ0n) is 9.86. The second kappa shape index (κ2) is 7.22. The SMILES string of the molecule is Cl.NCC(Cc1cccc(Cl)c1)NC1CCC1. The van der Waals surface area contributed by atoms with Gasteiger partial charge in [0.05, 0.1) is 0 Å². The average Bonchev–Trinajstić information content (AvgIpc) is 2.21. The van der Waals surface area contributed by atoms with Gasteiger partial charge in [0.25, 0.3) is 0 Å². The number of nitrogens with one attached hydrogen (secondary N) is 1. The molecule has 0 radical (unpaired) electrons. The average molecular weight is 275 g/mol. The van der Waals surface area contributed by atoms with Crippen molar-refractivity contribution in [1.29, 1.82) is 0 Å². The van der Waals surface area contributed by atoms with Gasteiger partial charge < -0.3 is 11.1 Å². The first-order valence-electron chi connectivity index (χ1n) is 5.98. The summed E-state index contributed by atoms with van der Waals surface area (Å²) in [5.74, 6) is 0. The molecule has 17 heavy (non-hydrogen) atoms. The standard InChI is InChI=1S/C13H19ClN2.ClH/c14-11-4-1-3-10(7-11)8-13(9-15)16-12-5-2-6-12;/h1,3-4,7,12-13,16H,2,5-6,8-9,15H2;1H. The zero-order valence-corrected chi connectivity index (χ0v) is 11.4. The van der Waals surface area contributed by atoms with Crippen LogP contribution in [0.15, 0.2) is 24.3 Å². The van der Waals surface area contributed by atoms with Crippen LogP contribution in [0.5, 0.6) is 0 Å². The van der Waals surface area contributed by atoms with Crippen LogP contribution in [0.3, 0.4) is 0 Å². The molecule has 0 bridgehead atoms. The van der Waals surface area contributed by atoms with Crippen molar-refractivity contribution in [1.82, 2.24) is 5.32 Å². The fraction of sp³-hybridized carbons (Fsp3) is 0.538. The topological polar surface area (TPSA) is 38.0 Å². The molecule has 96 valence electrons. The summed E-state index contributed by atoms with van der Waals surface area (Å²) in [5, 5.41) is 4.41. The molecule has 0 aromatic heterocycles. The predicted molar refractivity (Wildman–Crippen MR) is 76.0 cm³/mol. The smallest absolute Gasteiger partial charge is 0.0408 e. The fourth-order valence-electron chi connectivity index (χ4n) is 2.07. The van der Waals surface area contributed by atoms with E-state index in [0.717, 1.165) is 11.4 Å². The molecular formula is C13H20Cl2N2. The number of hydrogen-bond donors (Lipinski definition) is 2. The van der Waals surface area contributed by atoms with Crippen molar-refractivity contribution in [3.05, 3.63) is 34.9 Å². The summed E-state index contributed by atoms with van der Waals surface area (Å²) in [6.45, 7) is 0.684. The van der Waals surface area contributed by atoms with E-state index in [9.17, 15) is 0 Å². The Hall–Kier alpha value is -0.280. The van der Waals surface area contributed by atoms with Crippen LogP contribution in [0.4, 0.5) is 0 Å². The van der Waals surface area contributed by atoms with Crippen molar-refractivity contribution in [2.24, 2.45) is 5.73 Å². The Labute approximate surface area is 114 Å². The lowest BCUT2D eigenvalue weighted by Gasteiger charge is -2.31. The van der Waals surface area contributed by atoms with Crippen molar-refractivity contribution in [2.45, 2.75) is 37.8 Å². The molecule has 1 aromatic rings. The van der Waals surface area contributed by atoms with Crippen LogP contribution in [0.2, 0.25) is 5.02 Å². The molecule has 1 atom stereocenters. The summed E-state index contributed by atoms with van der Waals surface area (Å²) in [4.78, 5) is 0. The molecule has 1 saturated carbocycles. The van der Waals surface area contributed by atoms with Gasteiger partial charge in [0, 0.05) is 23.7 Å². The monoisotopic (exact) mass is 274 g/mol. The maximum absolute atomic E-state index is 5.96. The van der Waals surface area contributed by atoms with Gasteiger partial charge in [-0.15, -0.1) is 12.4 Å². The van der Waals surface area contributed by atoms with Gasteiger partial charge >= 0.3 is 0 Å². The van der Waals surface area contributed by atoms with E-state index in [0.29, 0.717) is 18.6 Å². The highest BCUT2D eigenvalue weighted by Gasteiger charge is 2.20. The molecule has 1 aromatic carbocycles. The number of nitrogens with two attached hydrogens (primary N) is 1. The molecule has 1 aliphatic rings. The zero-order chi connectivity index (χ0) is 11.4. The minimum atomic E-state index is 0. The Kier molecular flexibility index (Phi) is 6.28. The molecule has 0 amide bonds. The Bertz CT molecular complexity index is 340. The summed E-state index contributed by atoms with van der Waals surface area (Å²) >= 11 is 5.96. The molecule has 2 nitrogen and oxygen atoms in total. The molecular weight excluding hydrogens is 255 g/mol. The molecule has 4 heteroatoms. The van der Waals surface area contributed by atoms with Crippen LogP contribution >= 0.6 is 24.0 Å². The summed E-state index contributed by atoms with van der Waals surface area (Å²) in [7, 11) is 0. The van der Waals surface area contributed by atoms with Gasteiger partial charge in [0.2, 0.25) is 0 Å². The summed E-state index contributed by atoms with van der Waals surface area (Å²) in [6, 6.07) is 9.09. The first-order chi connectivity index (χ1) is 7.78. The highest BCUT2D eigenvalue weighted by Crippen LogP contribution is 2.19. The highest BCUT2D eigenvalue weighted by molar-refractivity contribution is 6.30. The maximum atomic E-state index is 5.96. The Morgan fingerprint density at radius 2 is 2.18 bits per heavy atom. The van der Waals surface area contributed by atoms with Gasteiger partial charge in [-0.25, -0.2) is 0 Å². The number of benzene rings is 1. The largest absolute Gasteiger partial charge is 0.329 e. The maximum Gasteiger partial charge on any atom is 0.0408 e. The quantitative estimate of drug-likeness (QED) is 0.867. The Balaban J connectivity index is 0.00000144. The molecule has 1 aliphatic carbocycles. The van der Waals surface area contributed by atoms with Crippen molar-refractivity contribution < 1.29 is 0 Å². The van der Waals surface area contributed by atoms with Crippen molar-refractivity contribution >= 4 is 24.0 Å². The second-order valence-corrected chi connectivity index (χ2v) is 5.00. The second-order valence-electron chi connectivity index (χ2n) is 4.56. The molecule has 2 rings (SSSR count). The van der Waals surface area contributed by atoms with E-state index in [2.05, 4.69) is 11.4 Å². The van der Waals surface area contributed by atoms with Gasteiger partial charge in [-0.05, 0) is 37.0 Å². The van der Waals surface area contributed by atoms with Crippen LogP contribution in [-0.4, -0.2) is 18.6 Å². The van der Waals surface area contributed by atoms with Crippen LogP contribution in [0.1, 0.15) is 24.8 Å². The van der Waals surface area contributed by atoms with Gasteiger partial charge in [-0.1, -0.05) is 30.2 Å². The minimum absolute atomic E-state index is 0. The van der Waals surface area contributed by atoms with E-state index < -0.39 is 0 Å². The lowest BCUT2D eigenvalue weighted by molar-refractivity contribution is 0.304. The van der Waals surface area contributed by atoms with Gasteiger partial charge in [-0.2, -0.15) is 0 Å². The third-order valence-electron chi connectivity index (χ3n) is 3.23. The lowest BCUT2D eigenvalue weighted by atomic mass is 9.91. The highest BCUT2D eigenvalue weighted by atomic mass is 35.5. The molecule has 0 saturated heterocycles. The van der Waals surface area contributed by atoms with Crippen molar-refractivity contribution in [2.75, 3.05) is 6.54 Å². The van der Waals surface area contributed by atoms with Crippen LogP contribution in [0.25, 0.3) is 0 Å². The third-order valence-corrected chi connectivity index (χ3v) is 3.47. The summed E-state index contributed by atoms with van der Waals surface area (Å²) < 4.78 is 0. The number of rotatable bonds is 5. The van der Waals surface area contributed by atoms with E-state index in [1.54, 1.807) is 0 Å². The summed E-state index contributed by atoms with van der Waals surface area (Å²) in [5.41, 5.74) is 7.05. The molecule has 0 aliphatic heterocycles. The van der Waals surface area contributed by atoms with Crippen LogP contribution in [0, 0.1) is 0 Å². The van der Waals surface area contributed by atoms with Crippen molar-refractivity contribution in [3.8, 4) is 0 Å². The van der Waals surface area contributed by atoms with Crippen LogP contribution < -0.4 is 11.1 Å². The molecule has 1 fully saturated rings. The van der Waals surface area contributed by atoms with Gasteiger partial charge in [-0.3, -0.25) is 0 Å². The molecule has 0 heterocycles. The van der Waals surface area contributed by atoms with E-state index in [1.165, 1.54) is 24.8 Å².